The highest BCUT2D eigenvalue weighted by molar-refractivity contribution is 5.85. The summed E-state index contributed by atoms with van der Waals surface area (Å²) in [6.45, 7) is 0. The molecule has 1 unspecified atom stereocenters. The summed E-state index contributed by atoms with van der Waals surface area (Å²) >= 11 is 0. The van der Waals surface area contributed by atoms with Crippen LogP contribution < -0.4 is 5.73 Å². The summed E-state index contributed by atoms with van der Waals surface area (Å²) in [4.78, 5) is 4.07. The molecule has 0 saturated heterocycles. The number of nitrogens with zero attached hydrogens (tertiary/aromatic N) is 1. The fourth-order valence-electron chi connectivity index (χ4n) is 1.58. The first kappa shape index (κ1) is 15.9. The van der Waals surface area contributed by atoms with Crippen molar-refractivity contribution in [3.8, 4) is 0 Å². The molecule has 0 radical (unpaired) electrons. The Morgan fingerprint density at radius 1 is 1.00 bits per heavy atom. The molecule has 1 atom stereocenters. The molecule has 17 heavy (non-hydrogen) atoms. The third kappa shape index (κ3) is 4.73. The van der Waals surface area contributed by atoms with E-state index < -0.39 is 0 Å². The van der Waals surface area contributed by atoms with Crippen LogP contribution in [0.25, 0.3) is 0 Å². The molecule has 4 heteroatoms. The van der Waals surface area contributed by atoms with Gasteiger partial charge in [0.15, 0.2) is 0 Å². The van der Waals surface area contributed by atoms with Gasteiger partial charge in [0.25, 0.3) is 0 Å². The smallest absolute Gasteiger partial charge is 0.0351 e. The van der Waals surface area contributed by atoms with E-state index in [1.807, 2.05) is 36.5 Å². The molecule has 2 aromatic rings. The molecule has 1 aromatic heterocycles. The number of hydrogen-bond donors (Lipinski definition) is 1. The van der Waals surface area contributed by atoms with Gasteiger partial charge in [-0.15, -0.1) is 24.8 Å². The van der Waals surface area contributed by atoms with Gasteiger partial charge in [0.05, 0.1) is 0 Å². The van der Waals surface area contributed by atoms with Gasteiger partial charge >= 0.3 is 0 Å². The summed E-state index contributed by atoms with van der Waals surface area (Å²) < 4.78 is 0. The maximum atomic E-state index is 6.09. The van der Waals surface area contributed by atoms with Crippen LogP contribution in [-0.2, 0) is 6.42 Å². The lowest BCUT2D eigenvalue weighted by Crippen LogP contribution is -2.13. The minimum atomic E-state index is 0. The van der Waals surface area contributed by atoms with Gasteiger partial charge in [-0.05, 0) is 23.6 Å². The fourth-order valence-corrected chi connectivity index (χ4v) is 1.58. The molecular formula is C13H16Cl2N2. The Labute approximate surface area is 114 Å². The summed E-state index contributed by atoms with van der Waals surface area (Å²) in [5.74, 6) is 0. The molecule has 0 aliphatic rings. The molecule has 92 valence electrons. The van der Waals surface area contributed by atoms with Crippen LogP contribution in [0.1, 0.15) is 17.2 Å². The first-order valence-electron chi connectivity index (χ1n) is 5.05. The lowest BCUT2D eigenvalue weighted by atomic mass is 10.0. The Morgan fingerprint density at radius 2 is 1.71 bits per heavy atom. The van der Waals surface area contributed by atoms with Gasteiger partial charge in [0, 0.05) is 18.4 Å². The Kier molecular flexibility index (Phi) is 7.55. The monoisotopic (exact) mass is 270 g/mol. The van der Waals surface area contributed by atoms with Gasteiger partial charge in [-0.3, -0.25) is 4.98 Å². The van der Waals surface area contributed by atoms with Crippen LogP contribution in [0.3, 0.4) is 0 Å². The molecule has 1 heterocycles. The molecule has 2 nitrogen and oxygen atoms in total. The number of pyridine rings is 1. The van der Waals surface area contributed by atoms with Crippen molar-refractivity contribution < 1.29 is 0 Å². The van der Waals surface area contributed by atoms with Gasteiger partial charge in [0.2, 0.25) is 0 Å². The minimum absolute atomic E-state index is 0. The van der Waals surface area contributed by atoms with E-state index in [-0.39, 0.29) is 30.9 Å². The van der Waals surface area contributed by atoms with Crippen molar-refractivity contribution in [2.24, 2.45) is 5.73 Å². The quantitative estimate of drug-likeness (QED) is 0.931. The highest BCUT2D eigenvalue weighted by Crippen LogP contribution is 2.14. The van der Waals surface area contributed by atoms with Crippen LogP contribution in [-0.4, -0.2) is 4.98 Å². The lowest BCUT2D eigenvalue weighted by Gasteiger charge is -2.11. The zero-order valence-corrected chi connectivity index (χ0v) is 11.0. The van der Waals surface area contributed by atoms with Crippen LogP contribution in [0.4, 0.5) is 0 Å². The van der Waals surface area contributed by atoms with Gasteiger partial charge in [-0.1, -0.05) is 36.4 Å². The van der Waals surface area contributed by atoms with E-state index in [0.717, 1.165) is 12.0 Å². The first-order valence-corrected chi connectivity index (χ1v) is 5.05. The normalized spacial score (nSPS) is 10.9. The second kappa shape index (κ2) is 8.07. The van der Waals surface area contributed by atoms with Crippen molar-refractivity contribution in [1.82, 2.24) is 4.98 Å². The third-order valence-electron chi connectivity index (χ3n) is 2.41. The maximum absolute atomic E-state index is 6.09. The number of benzene rings is 1. The fraction of sp³-hybridized carbons (Fsp3) is 0.154. The molecule has 1 aromatic carbocycles. The SMILES string of the molecule is Cl.Cl.NC(Cc1ccccc1)c1cccnc1. The van der Waals surface area contributed by atoms with E-state index in [4.69, 9.17) is 5.73 Å². The molecule has 0 aliphatic heterocycles. The van der Waals surface area contributed by atoms with Crippen molar-refractivity contribution in [1.29, 1.82) is 0 Å². The van der Waals surface area contributed by atoms with E-state index in [2.05, 4.69) is 17.1 Å². The zero-order chi connectivity index (χ0) is 10.5. The molecule has 0 spiro atoms. The van der Waals surface area contributed by atoms with Crippen LogP contribution in [0, 0.1) is 0 Å². The Bertz CT molecular complexity index is 406. The van der Waals surface area contributed by atoms with E-state index in [9.17, 15) is 0 Å². The summed E-state index contributed by atoms with van der Waals surface area (Å²) in [5.41, 5.74) is 8.43. The van der Waals surface area contributed by atoms with Crippen molar-refractivity contribution in [2.45, 2.75) is 12.5 Å². The Balaban J connectivity index is 0.00000128. The van der Waals surface area contributed by atoms with E-state index in [1.165, 1.54) is 5.56 Å². The van der Waals surface area contributed by atoms with Crippen molar-refractivity contribution >= 4 is 24.8 Å². The molecule has 2 rings (SSSR count). The van der Waals surface area contributed by atoms with Gasteiger partial charge in [0.1, 0.15) is 0 Å². The summed E-state index contributed by atoms with van der Waals surface area (Å²) in [6, 6.07) is 14.2. The largest absolute Gasteiger partial charge is 0.324 e. The third-order valence-corrected chi connectivity index (χ3v) is 2.41. The van der Waals surface area contributed by atoms with Gasteiger partial charge in [-0.25, -0.2) is 0 Å². The molecule has 0 fully saturated rings. The standard InChI is InChI=1S/C13H14N2.2ClH/c14-13(12-7-4-8-15-10-12)9-11-5-2-1-3-6-11;;/h1-8,10,13H,9,14H2;2*1H. The van der Waals surface area contributed by atoms with Crippen LogP contribution in [0.5, 0.6) is 0 Å². The Hall–Kier alpha value is -1.09. The molecule has 2 N–H and O–H groups in total. The van der Waals surface area contributed by atoms with Crippen LogP contribution in [0.15, 0.2) is 54.9 Å². The van der Waals surface area contributed by atoms with Crippen LogP contribution in [0.2, 0.25) is 0 Å². The van der Waals surface area contributed by atoms with Crippen molar-refractivity contribution in [3.63, 3.8) is 0 Å². The topological polar surface area (TPSA) is 38.9 Å². The number of halogens is 2. The highest BCUT2D eigenvalue weighted by atomic mass is 35.5. The average molecular weight is 271 g/mol. The molecule has 0 aliphatic carbocycles. The minimum Gasteiger partial charge on any atom is -0.324 e. The molecule has 0 bridgehead atoms. The number of rotatable bonds is 3. The summed E-state index contributed by atoms with van der Waals surface area (Å²) in [6.07, 6.45) is 4.44. The Morgan fingerprint density at radius 3 is 2.29 bits per heavy atom. The molecular weight excluding hydrogens is 255 g/mol. The summed E-state index contributed by atoms with van der Waals surface area (Å²) in [5, 5.41) is 0. The van der Waals surface area contributed by atoms with E-state index >= 15 is 0 Å². The predicted molar refractivity (Wildman–Crippen MR) is 75.8 cm³/mol. The molecule has 0 saturated carbocycles. The number of nitrogens with two attached hydrogens (primary N) is 1. The number of hydrogen-bond acceptors (Lipinski definition) is 2. The van der Waals surface area contributed by atoms with Crippen LogP contribution >= 0.6 is 24.8 Å². The second-order valence-electron chi connectivity index (χ2n) is 3.58. The highest BCUT2D eigenvalue weighted by Gasteiger charge is 2.05. The number of aromatic nitrogens is 1. The maximum Gasteiger partial charge on any atom is 0.0351 e. The van der Waals surface area contributed by atoms with E-state index in [1.54, 1.807) is 6.20 Å². The lowest BCUT2D eigenvalue weighted by molar-refractivity contribution is 0.718. The average Bonchev–Trinajstić information content (AvgIpc) is 2.31. The van der Waals surface area contributed by atoms with Crippen molar-refractivity contribution in [2.75, 3.05) is 0 Å². The predicted octanol–water partition coefficient (Wildman–Crippen LogP) is 3.17. The van der Waals surface area contributed by atoms with Gasteiger partial charge in [-0.2, -0.15) is 0 Å². The van der Waals surface area contributed by atoms with E-state index in [0.29, 0.717) is 0 Å². The first-order chi connectivity index (χ1) is 7.36. The molecule has 0 amide bonds. The zero-order valence-electron chi connectivity index (χ0n) is 9.32. The van der Waals surface area contributed by atoms with Crippen molar-refractivity contribution in [3.05, 3.63) is 66.0 Å². The summed E-state index contributed by atoms with van der Waals surface area (Å²) in [7, 11) is 0. The van der Waals surface area contributed by atoms with Gasteiger partial charge < -0.3 is 5.73 Å². The second-order valence-corrected chi connectivity index (χ2v) is 3.58.